The molecule has 0 bridgehead atoms. The molecule has 1 aliphatic carbocycles. The number of rotatable bonds is 7. The maximum atomic E-state index is 6.65. The summed E-state index contributed by atoms with van der Waals surface area (Å²) in [6.07, 6.45) is 8.11. The third-order valence-corrected chi connectivity index (χ3v) is 6.29. The first kappa shape index (κ1) is 21.2. The zero-order valence-electron chi connectivity index (χ0n) is 17.2. The molecule has 162 valence electrons. The summed E-state index contributed by atoms with van der Waals surface area (Å²) in [7, 11) is 0. The van der Waals surface area contributed by atoms with Gasteiger partial charge in [-0.25, -0.2) is 9.97 Å². The van der Waals surface area contributed by atoms with Crippen molar-refractivity contribution in [3.8, 4) is 5.75 Å². The monoisotopic (exact) mass is 431 g/mol. The first-order valence-electron chi connectivity index (χ1n) is 10.8. The van der Waals surface area contributed by atoms with Crippen LogP contribution in [0.25, 0.3) is 0 Å². The van der Waals surface area contributed by atoms with Crippen LogP contribution in [-0.4, -0.2) is 49.4 Å². The van der Waals surface area contributed by atoms with E-state index in [1.165, 1.54) is 12.8 Å². The molecule has 4 rings (SSSR count). The van der Waals surface area contributed by atoms with Crippen LogP contribution in [0.2, 0.25) is 5.02 Å². The topological polar surface area (TPSA) is 85.5 Å². The van der Waals surface area contributed by atoms with E-state index in [9.17, 15) is 0 Å². The summed E-state index contributed by atoms with van der Waals surface area (Å²) in [5.41, 5.74) is 7.58. The Morgan fingerprint density at radius 2 is 1.80 bits per heavy atom. The Morgan fingerprint density at radius 3 is 2.50 bits per heavy atom. The first-order chi connectivity index (χ1) is 14.7. The van der Waals surface area contributed by atoms with Crippen LogP contribution in [0.1, 0.15) is 25.7 Å². The number of ether oxygens (including phenoxy) is 2. The second kappa shape index (κ2) is 10.3. The third kappa shape index (κ3) is 5.33. The van der Waals surface area contributed by atoms with E-state index >= 15 is 0 Å². The molecule has 2 heterocycles. The van der Waals surface area contributed by atoms with Gasteiger partial charge in [0.1, 0.15) is 5.75 Å². The number of halogens is 1. The SMILES string of the molecule is NCC1CCC(COc2cc(N3CCOCC3)c(Cl)cc2Nc2ncccn2)CC1. The molecule has 1 aromatic heterocycles. The van der Waals surface area contributed by atoms with Crippen LogP contribution in [0.4, 0.5) is 17.3 Å². The minimum atomic E-state index is 0.515. The number of hydrogen-bond acceptors (Lipinski definition) is 7. The predicted octanol–water partition coefficient (Wildman–Crippen LogP) is 3.85. The zero-order chi connectivity index (χ0) is 20.8. The van der Waals surface area contributed by atoms with Gasteiger partial charge in [0.05, 0.1) is 36.2 Å². The maximum absolute atomic E-state index is 6.65. The highest BCUT2D eigenvalue weighted by molar-refractivity contribution is 6.33. The van der Waals surface area contributed by atoms with E-state index in [0.717, 1.165) is 49.6 Å². The largest absolute Gasteiger partial charge is 0.491 e. The van der Waals surface area contributed by atoms with E-state index in [1.54, 1.807) is 18.5 Å². The maximum Gasteiger partial charge on any atom is 0.227 e. The normalized spacial score (nSPS) is 22.0. The van der Waals surface area contributed by atoms with Crippen LogP contribution in [0, 0.1) is 11.8 Å². The molecule has 3 N–H and O–H groups in total. The van der Waals surface area contributed by atoms with Crippen molar-refractivity contribution in [3.63, 3.8) is 0 Å². The summed E-state index contributed by atoms with van der Waals surface area (Å²) in [4.78, 5) is 10.8. The molecule has 0 radical (unpaired) electrons. The minimum Gasteiger partial charge on any atom is -0.491 e. The number of benzene rings is 1. The minimum absolute atomic E-state index is 0.515. The van der Waals surface area contributed by atoms with Crippen molar-refractivity contribution in [2.75, 3.05) is 49.7 Å². The average Bonchev–Trinajstić information content (AvgIpc) is 2.80. The van der Waals surface area contributed by atoms with Gasteiger partial charge in [0, 0.05) is 31.5 Å². The summed E-state index contributed by atoms with van der Waals surface area (Å²) in [6, 6.07) is 5.72. The lowest BCUT2D eigenvalue weighted by Gasteiger charge is -2.31. The smallest absolute Gasteiger partial charge is 0.227 e. The quantitative estimate of drug-likeness (QED) is 0.688. The molecule has 1 aromatic carbocycles. The second-order valence-corrected chi connectivity index (χ2v) is 8.44. The Kier molecular flexibility index (Phi) is 7.25. The fourth-order valence-electron chi connectivity index (χ4n) is 4.13. The molecule has 0 atom stereocenters. The van der Waals surface area contributed by atoms with E-state index in [0.29, 0.717) is 42.6 Å². The highest BCUT2D eigenvalue weighted by Gasteiger charge is 2.22. The summed E-state index contributed by atoms with van der Waals surface area (Å²) >= 11 is 6.65. The van der Waals surface area contributed by atoms with Crippen LogP contribution in [0.3, 0.4) is 0 Å². The molecule has 30 heavy (non-hydrogen) atoms. The number of morpholine rings is 1. The van der Waals surface area contributed by atoms with Gasteiger partial charge in [0.25, 0.3) is 0 Å². The number of nitrogens with two attached hydrogens (primary N) is 1. The molecule has 0 spiro atoms. The van der Waals surface area contributed by atoms with Gasteiger partial charge in [-0.2, -0.15) is 0 Å². The lowest BCUT2D eigenvalue weighted by atomic mass is 9.82. The Morgan fingerprint density at radius 1 is 1.10 bits per heavy atom. The summed E-state index contributed by atoms with van der Waals surface area (Å²) in [5.74, 6) is 2.50. The van der Waals surface area contributed by atoms with Gasteiger partial charge in [0.15, 0.2) is 0 Å². The van der Waals surface area contributed by atoms with Crippen molar-refractivity contribution in [1.82, 2.24) is 9.97 Å². The molecule has 2 fully saturated rings. The van der Waals surface area contributed by atoms with E-state index < -0.39 is 0 Å². The molecule has 1 aliphatic heterocycles. The number of hydrogen-bond donors (Lipinski definition) is 2. The lowest BCUT2D eigenvalue weighted by molar-refractivity contribution is 0.122. The summed E-state index contributed by atoms with van der Waals surface area (Å²) in [6.45, 7) is 4.52. The van der Waals surface area contributed by atoms with Crippen molar-refractivity contribution in [3.05, 3.63) is 35.6 Å². The van der Waals surface area contributed by atoms with Gasteiger partial charge in [-0.15, -0.1) is 0 Å². The lowest BCUT2D eigenvalue weighted by Crippen LogP contribution is -2.36. The molecule has 8 heteroatoms. The van der Waals surface area contributed by atoms with Crippen molar-refractivity contribution >= 4 is 28.9 Å². The van der Waals surface area contributed by atoms with Crippen molar-refractivity contribution in [2.24, 2.45) is 17.6 Å². The molecule has 1 saturated carbocycles. The third-order valence-electron chi connectivity index (χ3n) is 5.99. The van der Waals surface area contributed by atoms with Crippen LogP contribution in [-0.2, 0) is 4.74 Å². The molecule has 2 aliphatic rings. The standard InChI is InChI=1S/C22H30ClN5O2/c23-18-12-19(27-22-25-6-1-7-26-22)21(13-20(18)28-8-10-29-11-9-28)30-15-17-4-2-16(14-24)3-5-17/h1,6-7,12-13,16-17H,2-5,8-11,14-15,24H2,(H,25,26,27). The molecule has 1 saturated heterocycles. The Bertz CT molecular complexity index is 809. The Labute approximate surface area is 182 Å². The number of aromatic nitrogens is 2. The van der Waals surface area contributed by atoms with Gasteiger partial charge in [-0.05, 0) is 56.2 Å². The number of nitrogens with one attached hydrogen (secondary N) is 1. The summed E-state index contributed by atoms with van der Waals surface area (Å²) < 4.78 is 11.8. The fraction of sp³-hybridized carbons (Fsp3) is 0.545. The molecule has 0 unspecified atom stereocenters. The van der Waals surface area contributed by atoms with Crippen LogP contribution in [0.15, 0.2) is 30.6 Å². The van der Waals surface area contributed by atoms with Gasteiger partial charge < -0.3 is 25.4 Å². The first-order valence-corrected chi connectivity index (χ1v) is 11.1. The van der Waals surface area contributed by atoms with Gasteiger partial charge in [-0.1, -0.05) is 11.6 Å². The van der Waals surface area contributed by atoms with Crippen LogP contribution in [0.5, 0.6) is 5.75 Å². The molecule has 0 amide bonds. The predicted molar refractivity (Wildman–Crippen MR) is 120 cm³/mol. The summed E-state index contributed by atoms with van der Waals surface area (Å²) in [5, 5.41) is 3.93. The molecular formula is C22H30ClN5O2. The fourth-order valence-corrected chi connectivity index (χ4v) is 4.42. The van der Waals surface area contributed by atoms with E-state index in [4.69, 9.17) is 26.8 Å². The molecule has 2 aromatic rings. The van der Waals surface area contributed by atoms with Crippen molar-refractivity contribution in [2.45, 2.75) is 25.7 Å². The van der Waals surface area contributed by atoms with E-state index in [1.807, 2.05) is 12.1 Å². The highest BCUT2D eigenvalue weighted by atomic mass is 35.5. The van der Waals surface area contributed by atoms with Gasteiger partial charge in [0.2, 0.25) is 5.95 Å². The van der Waals surface area contributed by atoms with Crippen molar-refractivity contribution in [1.29, 1.82) is 0 Å². The molecule has 7 nitrogen and oxygen atoms in total. The number of anilines is 3. The molecular weight excluding hydrogens is 402 g/mol. The van der Waals surface area contributed by atoms with Gasteiger partial charge in [-0.3, -0.25) is 0 Å². The van der Waals surface area contributed by atoms with Crippen LogP contribution >= 0.6 is 11.6 Å². The van der Waals surface area contributed by atoms with Crippen molar-refractivity contribution < 1.29 is 9.47 Å². The second-order valence-electron chi connectivity index (χ2n) is 8.03. The Hall–Kier alpha value is -2.09. The average molecular weight is 432 g/mol. The Balaban J connectivity index is 1.53. The van der Waals surface area contributed by atoms with Gasteiger partial charge >= 0.3 is 0 Å². The van der Waals surface area contributed by atoms with E-state index in [2.05, 4.69) is 20.2 Å². The highest BCUT2D eigenvalue weighted by Crippen LogP contribution is 2.39. The van der Waals surface area contributed by atoms with E-state index in [-0.39, 0.29) is 0 Å². The number of nitrogens with zero attached hydrogens (tertiary/aromatic N) is 3. The van der Waals surface area contributed by atoms with Crippen LogP contribution < -0.4 is 20.7 Å². The zero-order valence-corrected chi connectivity index (χ0v) is 18.0.